The van der Waals surface area contributed by atoms with Crippen LogP contribution in [0.3, 0.4) is 0 Å². The molecule has 0 fully saturated rings. The van der Waals surface area contributed by atoms with E-state index in [-0.39, 0.29) is 5.91 Å². The lowest BCUT2D eigenvalue weighted by Crippen LogP contribution is -2.17. The van der Waals surface area contributed by atoms with E-state index in [2.05, 4.69) is 26.5 Å². The molecule has 0 atom stereocenters. The number of hydrazone groups is 1. The fourth-order valence-corrected chi connectivity index (χ4v) is 2.92. The molecule has 30 heavy (non-hydrogen) atoms. The van der Waals surface area contributed by atoms with Crippen molar-refractivity contribution in [2.75, 3.05) is 6.61 Å². The average Bonchev–Trinajstić information content (AvgIpc) is 2.76. The van der Waals surface area contributed by atoms with Gasteiger partial charge in [0.25, 0.3) is 5.91 Å². The van der Waals surface area contributed by atoms with Gasteiger partial charge in [-0.1, -0.05) is 34.1 Å². The first-order chi connectivity index (χ1) is 14.6. The molecule has 0 heterocycles. The number of amides is 1. The SMILES string of the molecule is CCOc1ccc(C(=O)Oc2ccc(Br)cc2/C=N/NC(=O)c2ccccc2)cc1. The molecule has 152 valence electrons. The van der Waals surface area contributed by atoms with Crippen molar-refractivity contribution in [3.63, 3.8) is 0 Å². The van der Waals surface area contributed by atoms with E-state index in [1.54, 1.807) is 66.7 Å². The summed E-state index contributed by atoms with van der Waals surface area (Å²) in [5.74, 6) is 0.146. The Morgan fingerprint density at radius 2 is 1.73 bits per heavy atom. The first-order valence-corrected chi connectivity index (χ1v) is 9.99. The van der Waals surface area contributed by atoms with E-state index in [4.69, 9.17) is 9.47 Å². The van der Waals surface area contributed by atoms with Gasteiger partial charge in [0.1, 0.15) is 11.5 Å². The molecule has 7 heteroatoms. The van der Waals surface area contributed by atoms with Crippen LogP contribution in [0.4, 0.5) is 0 Å². The molecule has 0 aliphatic carbocycles. The van der Waals surface area contributed by atoms with Crippen molar-refractivity contribution in [1.82, 2.24) is 5.43 Å². The fourth-order valence-electron chi connectivity index (χ4n) is 2.54. The summed E-state index contributed by atoms with van der Waals surface area (Å²) in [6, 6.07) is 20.6. The van der Waals surface area contributed by atoms with Crippen LogP contribution in [0.25, 0.3) is 0 Å². The highest BCUT2D eigenvalue weighted by Gasteiger charge is 2.12. The lowest BCUT2D eigenvalue weighted by molar-refractivity contribution is 0.0734. The summed E-state index contributed by atoms with van der Waals surface area (Å²) in [6.45, 7) is 2.44. The van der Waals surface area contributed by atoms with Gasteiger partial charge in [-0.15, -0.1) is 0 Å². The second kappa shape index (κ2) is 10.4. The highest BCUT2D eigenvalue weighted by atomic mass is 79.9. The molecule has 0 aromatic heterocycles. The molecule has 0 saturated heterocycles. The molecule has 0 aliphatic rings. The Morgan fingerprint density at radius 3 is 2.43 bits per heavy atom. The molecule has 1 amide bonds. The number of halogens is 1. The van der Waals surface area contributed by atoms with Gasteiger partial charge in [-0.25, -0.2) is 10.2 Å². The molecule has 3 rings (SSSR count). The number of carbonyl (C=O) groups is 2. The highest BCUT2D eigenvalue weighted by Crippen LogP contribution is 2.23. The van der Waals surface area contributed by atoms with Gasteiger partial charge < -0.3 is 9.47 Å². The molecule has 1 N–H and O–H groups in total. The molecule has 0 unspecified atom stereocenters. The third-order valence-electron chi connectivity index (χ3n) is 3.98. The molecule has 6 nitrogen and oxygen atoms in total. The zero-order chi connectivity index (χ0) is 21.3. The number of rotatable bonds is 7. The molecule has 0 saturated carbocycles. The van der Waals surface area contributed by atoms with Crippen LogP contribution in [0.5, 0.6) is 11.5 Å². The van der Waals surface area contributed by atoms with Gasteiger partial charge in [0.05, 0.1) is 18.4 Å². The van der Waals surface area contributed by atoms with E-state index >= 15 is 0 Å². The number of nitrogens with zero attached hydrogens (tertiary/aromatic N) is 1. The van der Waals surface area contributed by atoms with E-state index in [1.807, 2.05) is 13.0 Å². The van der Waals surface area contributed by atoms with Crippen LogP contribution >= 0.6 is 15.9 Å². The summed E-state index contributed by atoms with van der Waals surface area (Å²) in [6.07, 6.45) is 1.42. The first kappa shape index (κ1) is 21.3. The predicted molar refractivity (Wildman–Crippen MR) is 118 cm³/mol. The Hall–Kier alpha value is -3.45. The minimum atomic E-state index is -0.511. The summed E-state index contributed by atoms with van der Waals surface area (Å²) in [4.78, 5) is 24.6. The number of carbonyl (C=O) groups excluding carboxylic acids is 2. The molecular weight excluding hydrogens is 448 g/mol. The second-order valence-corrected chi connectivity index (χ2v) is 7.01. The summed E-state index contributed by atoms with van der Waals surface area (Å²) < 4.78 is 11.7. The summed E-state index contributed by atoms with van der Waals surface area (Å²) >= 11 is 3.38. The van der Waals surface area contributed by atoms with Crippen molar-refractivity contribution in [2.24, 2.45) is 5.10 Å². The monoisotopic (exact) mass is 466 g/mol. The van der Waals surface area contributed by atoms with Crippen LogP contribution in [0.2, 0.25) is 0 Å². The molecule has 0 radical (unpaired) electrons. The van der Waals surface area contributed by atoms with Crippen LogP contribution < -0.4 is 14.9 Å². The van der Waals surface area contributed by atoms with Gasteiger partial charge in [-0.05, 0) is 61.5 Å². The van der Waals surface area contributed by atoms with E-state index < -0.39 is 5.97 Å². The smallest absolute Gasteiger partial charge is 0.343 e. The van der Waals surface area contributed by atoms with Gasteiger partial charge >= 0.3 is 5.97 Å². The maximum Gasteiger partial charge on any atom is 0.343 e. The zero-order valence-corrected chi connectivity index (χ0v) is 17.8. The quantitative estimate of drug-likeness (QED) is 0.234. The maximum atomic E-state index is 12.5. The molecule has 0 bridgehead atoms. The Labute approximate surface area is 182 Å². The number of hydrogen-bond acceptors (Lipinski definition) is 5. The summed E-state index contributed by atoms with van der Waals surface area (Å²) in [5, 5.41) is 3.98. The standard InChI is InChI=1S/C23H19BrN2O4/c1-2-29-20-11-8-17(9-12-20)23(28)30-21-13-10-19(24)14-18(21)15-25-26-22(27)16-6-4-3-5-7-16/h3-15H,2H2,1H3,(H,26,27)/b25-15+. The van der Waals surface area contributed by atoms with Crippen LogP contribution in [0.15, 0.2) is 82.4 Å². The van der Waals surface area contributed by atoms with Crippen LogP contribution in [-0.4, -0.2) is 24.7 Å². The average molecular weight is 467 g/mol. The van der Waals surface area contributed by atoms with E-state index in [1.165, 1.54) is 6.21 Å². The molecule has 3 aromatic carbocycles. The minimum absolute atomic E-state index is 0.315. The number of nitrogens with one attached hydrogen (secondary N) is 1. The Bertz CT molecular complexity index is 1050. The van der Waals surface area contributed by atoms with E-state index in [9.17, 15) is 9.59 Å². The summed E-state index contributed by atoms with van der Waals surface area (Å²) in [7, 11) is 0. The van der Waals surface area contributed by atoms with Gasteiger partial charge in [-0.3, -0.25) is 4.79 Å². The normalized spacial score (nSPS) is 10.6. The van der Waals surface area contributed by atoms with E-state index in [0.29, 0.717) is 34.8 Å². The van der Waals surface area contributed by atoms with Crippen LogP contribution in [0, 0.1) is 0 Å². The second-order valence-electron chi connectivity index (χ2n) is 6.09. The highest BCUT2D eigenvalue weighted by molar-refractivity contribution is 9.10. The lowest BCUT2D eigenvalue weighted by atomic mass is 10.2. The third kappa shape index (κ3) is 5.78. The van der Waals surface area contributed by atoms with Crippen LogP contribution in [-0.2, 0) is 0 Å². The third-order valence-corrected chi connectivity index (χ3v) is 4.47. The Morgan fingerprint density at radius 1 is 1.00 bits per heavy atom. The van der Waals surface area contributed by atoms with Gasteiger partial charge in [0.2, 0.25) is 0 Å². The summed E-state index contributed by atoms with van der Waals surface area (Å²) in [5.41, 5.74) is 3.87. The molecule has 3 aromatic rings. The van der Waals surface area contributed by atoms with Crippen molar-refractivity contribution in [2.45, 2.75) is 6.92 Å². The van der Waals surface area contributed by atoms with Crippen molar-refractivity contribution in [1.29, 1.82) is 0 Å². The maximum absolute atomic E-state index is 12.5. The van der Waals surface area contributed by atoms with Crippen molar-refractivity contribution >= 4 is 34.0 Å². The number of ether oxygens (including phenoxy) is 2. The van der Waals surface area contributed by atoms with Gasteiger partial charge in [0, 0.05) is 15.6 Å². The van der Waals surface area contributed by atoms with Crippen LogP contribution in [0.1, 0.15) is 33.2 Å². The number of hydrogen-bond donors (Lipinski definition) is 1. The molecule has 0 spiro atoms. The lowest BCUT2D eigenvalue weighted by Gasteiger charge is -2.09. The molecular formula is C23H19BrN2O4. The van der Waals surface area contributed by atoms with Gasteiger partial charge in [0.15, 0.2) is 0 Å². The minimum Gasteiger partial charge on any atom is -0.494 e. The van der Waals surface area contributed by atoms with E-state index in [0.717, 1.165) is 4.47 Å². The topological polar surface area (TPSA) is 77.0 Å². The predicted octanol–water partition coefficient (Wildman–Crippen LogP) is 4.83. The largest absolute Gasteiger partial charge is 0.494 e. The Kier molecular flexibility index (Phi) is 7.34. The van der Waals surface area contributed by atoms with Crippen molar-refractivity contribution in [3.05, 3.63) is 94.0 Å². The van der Waals surface area contributed by atoms with Gasteiger partial charge in [-0.2, -0.15) is 5.10 Å². The number of benzene rings is 3. The fraction of sp³-hybridized carbons (Fsp3) is 0.0870. The Balaban J connectivity index is 1.71. The molecule has 0 aliphatic heterocycles. The van der Waals surface area contributed by atoms with Crippen molar-refractivity contribution in [3.8, 4) is 11.5 Å². The number of esters is 1. The zero-order valence-electron chi connectivity index (χ0n) is 16.2. The first-order valence-electron chi connectivity index (χ1n) is 9.20. The van der Waals surface area contributed by atoms with Crippen molar-refractivity contribution < 1.29 is 19.1 Å².